The number of sulfone groups is 1. The van der Waals surface area contributed by atoms with Gasteiger partial charge in [0.1, 0.15) is 0 Å². The monoisotopic (exact) mass is 404 g/mol. The molecule has 0 N–H and O–H groups in total. The van der Waals surface area contributed by atoms with Crippen LogP contribution < -0.4 is 0 Å². The topological polar surface area (TPSA) is 34.1 Å². The first-order valence-electron chi connectivity index (χ1n) is 8.81. The third-order valence-electron chi connectivity index (χ3n) is 4.60. The van der Waals surface area contributed by atoms with Crippen LogP contribution in [0.4, 0.5) is 0 Å². The minimum absolute atomic E-state index is 0.227. The maximum Gasteiger partial charge on any atom is 0.207 e. The third-order valence-corrected chi connectivity index (χ3v) is 6.68. The molecule has 4 aromatic rings. The molecule has 138 valence electrons. The fourth-order valence-electron chi connectivity index (χ4n) is 3.15. The van der Waals surface area contributed by atoms with Gasteiger partial charge in [-0.1, -0.05) is 84.4 Å². The summed E-state index contributed by atoms with van der Waals surface area (Å²) in [5, 5.41) is 0.503. The number of rotatable bonds is 4. The largest absolute Gasteiger partial charge is 0.218 e. The molecule has 0 aliphatic heterocycles. The molecule has 0 saturated carbocycles. The molecule has 0 aliphatic carbocycles. The minimum Gasteiger partial charge on any atom is -0.218 e. The summed E-state index contributed by atoms with van der Waals surface area (Å²) in [5.74, 6) is 0. The van der Waals surface area contributed by atoms with Crippen LogP contribution in [0.2, 0.25) is 5.02 Å². The number of benzene rings is 4. The van der Waals surface area contributed by atoms with Crippen LogP contribution in [0.3, 0.4) is 0 Å². The summed E-state index contributed by atoms with van der Waals surface area (Å²) in [6, 6.07) is 31.3. The summed E-state index contributed by atoms with van der Waals surface area (Å²) in [7, 11) is -3.66. The van der Waals surface area contributed by atoms with E-state index in [0.29, 0.717) is 10.6 Å². The fraction of sp³-hybridized carbons (Fsp3) is 0. The van der Waals surface area contributed by atoms with Crippen molar-refractivity contribution in [1.29, 1.82) is 0 Å². The summed E-state index contributed by atoms with van der Waals surface area (Å²) in [4.78, 5) is 0.509. The molecule has 0 saturated heterocycles. The predicted octanol–water partition coefficient (Wildman–Crippen LogP) is 6.51. The molecule has 4 aromatic carbocycles. The molecular weight excluding hydrogens is 388 g/mol. The van der Waals surface area contributed by atoms with E-state index in [4.69, 9.17) is 11.6 Å². The van der Waals surface area contributed by atoms with Crippen LogP contribution in [0.5, 0.6) is 0 Å². The lowest BCUT2D eigenvalue weighted by molar-refractivity contribution is 0.596. The number of hydrogen-bond donors (Lipinski definition) is 0. The lowest BCUT2D eigenvalue weighted by Crippen LogP contribution is -2.03. The first-order valence-corrected chi connectivity index (χ1v) is 10.7. The Morgan fingerprint density at radius 2 is 1.07 bits per heavy atom. The van der Waals surface area contributed by atoms with E-state index >= 15 is 0 Å². The highest BCUT2D eigenvalue weighted by Crippen LogP contribution is 2.33. The van der Waals surface area contributed by atoms with Gasteiger partial charge in [-0.25, -0.2) is 8.42 Å². The second-order valence-electron chi connectivity index (χ2n) is 6.40. The molecule has 0 aromatic heterocycles. The average molecular weight is 405 g/mol. The van der Waals surface area contributed by atoms with Gasteiger partial charge in [0, 0.05) is 10.6 Å². The summed E-state index contributed by atoms with van der Waals surface area (Å²) >= 11 is 5.91. The molecule has 0 atom stereocenters. The smallest absolute Gasteiger partial charge is 0.207 e. The Morgan fingerprint density at radius 1 is 0.536 bits per heavy atom. The molecule has 0 bridgehead atoms. The molecule has 0 heterocycles. The van der Waals surface area contributed by atoms with E-state index in [-0.39, 0.29) is 9.79 Å². The van der Waals surface area contributed by atoms with Gasteiger partial charge in [-0.05, 0) is 47.0 Å². The number of halogens is 1. The highest BCUT2D eigenvalue weighted by atomic mass is 35.5. The van der Waals surface area contributed by atoms with E-state index < -0.39 is 9.84 Å². The molecule has 0 amide bonds. The second kappa shape index (κ2) is 7.63. The SMILES string of the molecule is O=S(=O)(c1ccc(Cl)cc1)c1ccccc1-c1ccc(-c2ccccc2)cc1. The zero-order chi connectivity index (χ0) is 19.6. The third kappa shape index (κ3) is 3.59. The maximum atomic E-state index is 13.2. The van der Waals surface area contributed by atoms with Crippen LogP contribution >= 0.6 is 11.6 Å². The Hall–Kier alpha value is -2.88. The van der Waals surface area contributed by atoms with Crippen LogP contribution in [0.25, 0.3) is 22.3 Å². The van der Waals surface area contributed by atoms with E-state index in [9.17, 15) is 8.42 Å². The van der Waals surface area contributed by atoms with Gasteiger partial charge in [0.2, 0.25) is 9.84 Å². The zero-order valence-corrected chi connectivity index (χ0v) is 16.5. The van der Waals surface area contributed by atoms with Crippen molar-refractivity contribution in [3.05, 3.63) is 108 Å². The summed E-state index contributed by atoms with van der Waals surface area (Å²) in [5.41, 5.74) is 3.74. The molecule has 2 nitrogen and oxygen atoms in total. The van der Waals surface area contributed by atoms with E-state index in [1.165, 1.54) is 12.1 Å². The van der Waals surface area contributed by atoms with Crippen molar-refractivity contribution in [1.82, 2.24) is 0 Å². The Balaban J connectivity index is 1.77. The van der Waals surface area contributed by atoms with Gasteiger partial charge in [-0.15, -0.1) is 0 Å². The highest BCUT2D eigenvalue weighted by molar-refractivity contribution is 7.91. The molecule has 28 heavy (non-hydrogen) atoms. The van der Waals surface area contributed by atoms with Gasteiger partial charge in [-0.2, -0.15) is 0 Å². The molecular formula is C24H17ClO2S. The van der Waals surface area contributed by atoms with Gasteiger partial charge < -0.3 is 0 Å². The summed E-state index contributed by atoms with van der Waals surface area (Å²) in [6.07, 6.45) is 0. The normalized spacial score (nSPS) is 11.3. The Kier molecular flexibility index (Phi) is 5.03. The van der Waals surface area contributed by atoms with E-state index in [0.717, 1.165) is 16.7 Å². The van der Waals surface area contributed by atoms with Gasteiger partial charge in [0.15, 0.2) is 0 Å². The van der Waals surface area contributed by atoms with Gasteiger partial charge in [-0.3, -0.25) is 0 Å². The van der Waals surface area contributed by atoms with Crippen molar-refractivity contribution < 1.29 is 8.42 Å². The molecule has 0 unspecified atom stereocenters. The molecule has 0 spiro atoms. The van der Waals surface area contributed by atoms with Crippen molar-refractivity contribution in [3.8, 4) is 22.3 Å². The Morgan fingerprint density at radius 3 is 1.75 bits per heavy atom. The molecule has 4 heteroatoms. The summed E-state index contributed by atoms with van der Waals surface area (Å²) < 4.78 is 26.4. The Bertz CT molecular complexity index is 1200. The van der Waals surface area contributed by atoms with Crippen molar-refractivity contribution >= 4 is 21.4 Å². The van der Waals surface area contributed by atoms with Gasteiger partial charge in [0.25, 0.3) is 0 Å². The second-order valence-corrected chi connectivity index (χ2v) is 8.75. The lowest BCUT2D eigenvalue weighted by atomic mass is 10.0. The molecule has 0 fully saturated rings. The van der Waals surface area contributed by atoms with Crippen LogP contribution in [-0.4, -0.2) is 8.42 Å². The Labute approximate surface area is 170 Å². The van der Waals surface area contributed by atoms with Crippen LogP contribution in [0, 0.1) is 0 Å². The predicted molar refractivity (Wildman–Crippen MR) is 114 cm³/mol. The molecule has 0 radical (unpaired) electrons. The quantitative estimate of drug-likeness (QED) is 0.388. The lowest BCUT2D eigenvalue weighted by Gasteiger charge is -2.12. The van der Waals surface area contributed by atoms with Crippen LogP contribution in [0.1, 0.15) is 0 Å². The molecule has 0 aliphatic rings. The van der Waals surface area contributed by atoms with Crippen molar-refractivity contribution in [3.63, 3.8) is 0 Å². The summed E-state index contributed by atoms with van der Waals surface area (Å²) in [6.45, 7) is 0. The van der Waals surface area contributed by atoms with E-state index in [1.54, 1.807) is 24.3 Å². The molecule has 4 rings (SSSR count). The average Bonchev–Trinajstić information content (AvgIpc) is 2.75. The first-order chi connectivity index (χ1) is 13.6. The van der Waals surface area contributed by atoms with E-state index in [1.807, 2.05) is 66.7 Å². The first kappa shape index (κ1) is 18.5. The van der Waals surface area contributed by atoms with Crippen LogP contribution in [0.15, 0.2) is 113 Å². The van der Waals surface area contributed by atoms with Crippen molar-refractivity contribution in [2.24, 2.45) is 0 Å². The van der Waals surface area contributed by atoms with Crippen molar-refractivity contribution in [2.45, 2.75) is 9.79 Å². The standard InChI is InChI=1S/C24H17ClO2S/c25-21-14-16-22(17-15-21)28(26,27)24-9-5-4-8-23(24)20-12-10-19(11-13-20)18-6-2-1-3-7-18/h1-17H. The van der Waals surface area contributed by atoms with Gasteiger partial charge >= 0.3 is 0 Å². The number of hydrogen-bond acceptors (Lipinski definition) is 2. The van der Waals surface area contributed by atoms with Gasteiger partial charge in [0.05, 0.1) is 9.79 Å². The minimum atomic E-state index is -3.66. The van der Waals surface area contributed by atoms with Crippen molar-refractivity contribution in [2.75, 3.05) is 0 Å². The highest BCUT2D eigenvalue weighted by Gasteiger charge is 2.21. The van der Waals surface area contributed by atoms with E-state index in [2.05, 4.69) is 0 Å². The zero-order valence-electron chi connectivity index (χ0n) is 14.9. The van der Waals surface area contributed by atoms with Crippen LogP contribution in [-0.2, 0) is 9.84 Å². The maximum absolute atomic E-state index is 13.2. The fourth-order valence-corrected chi connectivity index (χ4v) is 4.76.